The number of benzene rings is 2. The molecule has 2 N–H and O–H groups in total. The number of carbonyl (C=O) groups is 1. The summed E-state index contributed by atoms with van der Waals surface area (Å²) in [6.07, 6.45) is 0.961. The van der Waals surface area contributed by atoms with Crippen molar-refractivity contribution in [3.8, 4) is 5.75 Å². The Balaban J connectivity index is 2.36. The number of rotatable bonds is 5. The van der Waals surface area contributed by atoms with Gasteiger partial charge in [-0.15, -0.1) is 0 Å². The van der Waals surface area contributed by atoms with Crippen molar-refractivity contribution in [2.24, 2.45) is 0 Å². The van der Waals surface area contributed by atoms with Gasteiger partial charge in [0.2, 0.25) is 0 Å². The van der Waals surface area contributed by atoms with Gasteiger partial charge in [0, 0.05) is 16.8 Å². The van der Waals surface area contributed by atoms with Gasteiger partial charge in [-0.2, -0.15) is 0 Å². The van der Waals surface area contributed by atoms with E-state index in [1.54, 1.807) is 24.3 Å². The monoisotopic (exact) mass is 283 g/mol. The molecule has 0 unspecified atom stereocenters. The standard InChI is InChI=1S/C18H21NO2/c1-4-10-21-17-9-8-16(12(2)13(17)3)18(20)14-6-5-7-15(19)11-14/h5-9,11H,4,10,19H2,1-3H3. The first-order chi connectivity index (χ1) is 10.0. The lowest BCUT2D eigenvalue weighted by molar-refractivity contribution is 0.103. The molecule has 0 radical (unpaired) electrons. The molecule has 3 nitrogen and oxygen atoms in total. The zero-order chi connectivity index (χ0) is 15.4. The highest BCUT2D eigenvalue weighted by atomic mass is 16.5. The summed E-state index contributed by atoms with van der Waals surface area (Å²) in [5, 5.41) is 0. The van der Waals surface area contributed by atoms with Gasteiger partial charge in [-0.25, -0.2) is 0 Å². The number of nitrogen functional groups attached to an aromatic ring is 1. The maximum Gasteiger partial charge on any atom is 0.193 e. The predicted octanol–water partition coefficient (Wildman–Crippen LogP) is 3.91. The van der Waals surface area contributed by atoms with E-state index in [1.807, 2.05) is 26.0 Å². The molecule has 0 saturated heterocycles. The van der Waals surface area contributed by atoms with Crippen LogP contribution in [0.25, 0.3) is 0 Å². The third-order valence-electron chi connectivity index (χ3n) is 3.59. The van der Waals surface area contributed by atoms with Gasteiger partial charge in [0.15, 0.2) is 5.78 Å². The summed E-state index contributed by atoms with van der Waals surface area (Å²) >= 11 is 0. The van der Waals surface area contributed by atoms with Crippen molar-refractivity contribution >= 4 is 11.5 Å². The van der Waals surface area contributed by atoms with Crippen molar-refractivity contribution in [1.29, 1.82) is 0 Å². The van der Waals surface area contributed by atoms with E-state index in [-0.39, 0.29) is 5.78 Å². The van der Waals surface area contributed by atoms with Crippen LogP contribution in [0.3, 0.4) is 0 Å². The SMILES string of the molecule is CCCOc1ccc(C(=O)c2cccc(N)c2)c(C)c1C. The lowest BCUT2D eigenvalue weighted by atomic mass is 9.95. The lowest BCUT2D eigenvalue weighted by Crippen LogP contribution is -2.07. The fourth-order valence-electron chi connectivity index (χ4n) is 2.25. The summed E-state index contributed by atoms with van der Waals surface area (Å²) in [6, 6.07) is 10.8. The molecule has 2 aromatic carbocycles. The van der Waals surface area contributed by atoms with Gasteiger partial charge in [0.1, 0.15) is 5.75 Å². The molecule has 0 heterocycles. The van der Waals surface area contributed by atoms with Crippen LogP contribution in [0.2, 0.25) is 0 Å². The molecule has 2 rings (SSSR count). The van der Waals surface area contributed by atoms with Crippen LogP contribution < -0.4 is 10.5 Å². The molecule has 0 aliphatic heterocycles. The number of hydrogen-bond donors (Lipinski definition) is 1. The highest BCUT2D eigenvalue weighted by molar-refractivity contribution is 6.10. The van der Waals surface area contributed by atoms with Gasteiger partial charge >= 0.3 is 0 Å². The van der Waals surface area contributed by atoms with Gasteiger partial charge < -0.3 is 10.5 Å². The minimum Gasteiger partial charge on any atom is -0.493 e. The molecule has 110 valence electrons. The summed E-state index contributed by atoms with van der Waals surface area (Å²) in [6.45, 7) is 6.69. The lowest BCUT2D eigenvalue weighted by Gasteiger charge is -2.13. The van der Waals surface area contributed by atoms with Crippen LogP contribution in [0.4, 0.5) is 5.69 Å². The summed E-state index contributed by atoms with van der Waals surface area (Å²) < 4.78 is 5.70. The Morgan fingerprint density at radius 1 is 1.14 bits per heavy atom. The maximum atomic E-state index is 12.6. The Morgan fingerprint density at radius 3 is 2.57 bits per heavy atom. The zero-order valence-corrected chi connectivity index (χ0v) is 12.8. The Kier molecular flexibility index (Phi) is 4.63. The second-order valence-electron chi connectivity index (χ2n) is 5.16. The highest BCUT2D eigenvalue weighted by Crippen LogP contribution is 2.26. The van der Waals surface area contributed by atoms with Gasteiger partial charge in [0.05, 0.1) is 6.61 Å². The van der Waals surface area contributed by atoms with E-state index in [2.05, 4.69) is 6.92 Å². The zero-order valence-electron chi connectivity index (χ0n) is 12.8. The molecule has 0 aliphatic carbocycles. The van der Waals surface area contributed by atoms with Crippen molar-refractivity contribution in [1.82, 2.24) is 0 Å². The summed E-state index contributed by atoms with van der Waals surface area (Å²) in [5.41, 5.74) is 9.62. The fourth-order valence-corrected chi connectivity index (χ4v) is 2.25. The van der Waals surface area contributed by atoms with E-state index in [0.29, 0.717) is 23.4 Å². The summed E-state index contributed by atoms with van der Waals surface area (Å²) in [4.78, 5) is 12.6. The van der Waals surface area contributed by atoms with E-state index >= 15 is 0 Å². The van der Waals surface area contributed by atoms with E-state index in [1.165, 1.54) is 0 Å². The second-order valence-corrected chi connectivity index (χ2v) is 5.16. The quantitative estimate of drug-likeness (QED) is 0.668. The molecule has 2 aromatic rings. The third-order valence-corrected chi connectivity index (χ3v) is 3.59. The van der Waals surface area contributed by atoms with Crippen LogP contribution in [0.15, 0.2) is 36.4 Å². The first-order valence-electron chi connectivity index (χ1n) is 7.17. The summed E-state index contributed by atoms with van der Waals surface area (Å²) in [5.74, 6) is 0.836. The molecular formula is C18H21NO2. The van der Waals surface area contributed by atoms with Crippen LogP contribution in [-0.2, 0) is 0 Å². The van der Waals surface area contributed by atoms with Crippen molar-refractivity contribution in [3.05, 3.63) is 58.7 Å². The van der Waals surface area contributed by atoms with E-state index in [4.69, 9.17) is 10.5 Å². The Labute approximate surface area is 125 Å². The van der Waals surface area contributed by atoms with E-state index in [9.17, 15) is 4.79 Å². The Morgan fingerprint density at radius 2 is 1.90 bits per heavy atom. The fraction of sp³-hybridized carbons (Fsp3) is 0.278. The minimum atomic E-state index is -0.00931. The number of nitrogens with two attached hydrogens (primary N) is 1. The van der Waals surface area contributed by atoms with Crippen LogP contribution >= 0.6 is 0 Å². The Hall–Kier alpha value is -2.29. The van der Waals surface area contributed by atoms with Crippen LogP contribution in [0.5, 0.6) is 5.75 Å². The number of ether oxygens (including phenoxy) is 1. The molecule has 0 fully saturated rings. The molecule has 0 bridgehead atoms. The van der Waals surface area contributed by atoms with Gasteiger partial charge in [-0.3, -0.25) is 4.79 Å². The van der Waals surface area contributed by atoms with Crippen molar-refractivity contribution < 1.29 is 9.53 Å². The largest absolute Gasteiger partial charge is 0.493 e. The average Bonchev–Trinajstić information content (AvgIpc) is 2.48. The number of anilines is 1. The molecule has 21 heavy (non-hydrogen) atoms. The second kappa shape index (κ2) is 6.44. The van der Waals surface area contributed by atoms with Crippen molar-refractivity contribution in [2.45, 2.75) is 27.2 Å². The summed E-state index contributed by atoms with van der Waals surface area (Å²) in [7, 11) is 0. The number of ketones is 1. The number of hydrogen-bond acceptors (Lipinski definition) is 3. The first kappa shape index (κ1) is 15.1. The molecular weight excluding hydrogens is 262 g/mol. The third kappa shape index (κ3) is 3.24. The van der Waals surface area contributed by atoms with Crippen LogP contribution in [0, 0.1) is 13.8 Å². The average molecular weight is 283 g/mol. The molecule has 0 amide bonds. The topological polar surface area (TPSA) is 52.3 Å². The van der Waals surface area contributed by atoms with Crippen molar-refractivity contribution in [3.63, 3.8) is 0 Å². The molecule has 0 aromatic heterocycles. The van der Waals surface area contributed by atoms with Crippen LogP contribution in [-0.4, -0.2) is 12.4 Å². The van der Waals surface area contributed by atoms with Gasteiger partial charge in [0.25, 0.3) is 0 Å². The van der Waals surface area contributed by atoms with E-state index < -0.39 is 0 Å². The molecule has 0 spiro atoms. The predicted molar refractivity (Wildman–Crippen MR) is 86.0 cm³/mol. The smallest absolute Gasteiger partial charge is 0.193 e. The van der Waals surface area contributed by atoms with Gasteiger partial charge in [-0.1, -0.05) is 19.1 Å². The first-order valence-corrected chi connectivity index (χ1v) is 7.17. The van der Waals surface area contributed by atoms with Gasteiger partial charge in [-0.05, 0) is 55.7 Å². The van der Waals surface area contributed by atoms with Crippen molar-refractivity contribution in [2.75, 3.05) is 12.3 Å². The van der Waals surface area contributed by atoms with E-state index in [0.717, 1.165) is 23.3 Å². The van der Waals surface area contributed by atoms with Crippen LogP contribution in [0.1, 0.15) is 40.4 Å². The number of carbonyl (C=O) groups excluding carboxylic acids is 1. The normalized spacial score (nSPS) is 10.4. The molecule has 0 aliphatic rings. The Bertz CT molecular complexity index is 662. The molecule has 3 heteroatoms. The molecule has 0 atom stereocenters. The maximum absolute atomic E-state index is 12.6. The highest BCUT2D eigenvalue weighted by Gasteiger charge is 2.15. The molecule has 0 saturated carbocycles. The minimum absolute atomic E-state index is 0.00931.